The lowest BCUT2D eigenvalue weighted by atomic mass is 10.0. The number of hydrogen-bond acceptors (Lipinski definition) is 7. The Morgan fingerprint density at radius 3 is 1.24 bits per heavy atom. The van der Waals surface area contributed by atoms with Crippen molar-refractivity contribution in [2.45, 2.75) is 15.0 Å². The summed E-state index contributed by atoms with van der Waals surface area (Å²) >= 11 is 4.51. The number of hydrogen-bond donors (Lipinski definition) is 1. The monoisotopic (exact) mass is 424 g/mol. The Balaban J connectivity index is 0.00000312. The summed E-state index contributed by atoms with van der Waals surface area (Å²) < 4.78 is 55.3. The second kappa shape index (κ2) is 8.52. The van der Waals surface area contributed by atoms with E-state index in [9.17, 15) is 16.8 Å². The summed E-state index contributed by atoms with van der Waals surface area (Å²) in [7, 11) is -5.28. The maximum Gasteiger partial charge on any atom is 0.296 e. The van der Waals surface area contributed by atoms with Gasteiger partial charge in [-0.1, -0.05) is 24.3 Å². The molecule has 2 rings (SSSR count). The molecule has 0 amide bonds. The molecule has 0 fully saturated rings. The molecule has 0 unspecified atom stereocenters. The van der Waals surface area contributed by atoms with E-state index in [-0.39, 0.29) is 27.4 Å². The molecule has 10 heteroatoms. The molecule has 6 nitrogen and oxygen atoms in total. The fourth-order valence-corrected chi connectivity index (χ4v) is 3.69. The van der Waals surface area contributed by atoms with Gasteiger partial charge in [0.25, 0.3) is 20.2 Å². The van der Waals surface area contributed by atoms with Crippen LogP contribution in [0, 0.1) is 0 Å². The van der Waals surface area contributed by atoms with Crippen molar-refractivity contribution in [1.29, 1.82) is 0 Å². The molecule has 0 aliphatic carbocycles. The van der Waals surface area contributed by atoms with Gasteiger partial charge in [-0.2, -0.15) is 29.5 Å². The first-order valence-corrected chi connectivity index (χ1v) is 10.0. The summed E-state index contributed by atoms with van der Waals surface area (Å²) in [6.07, 6.45) is 0. The van der Waals surface area contributed by atoms with Gasteiger partial charge in [0.1, 0.15) is 0 Å². The van der Waals surface area contributed by atoms with Crippen LogP contribution in [0.25, 0.3) is 0 Å². The van der Waals surface area contributed by atoms with E-state index in [0.717, 1.165) is 25.3 Å². The highest BCUT2D eigenvalue weighted by atomic mass is 35.5. The van der Waals surface area contributed by atoms with Crippen molar-refractivity contribution in [3.63, 3.8) is 0 Å². The molecule has 2 aromatic carbocycles. The molecule has 0 atom stereocenters. The average molecular weight is 425 g/mol. The Labute approximate surface area is 159 Å². The first-order chi connectivity index (χ1) is 11.2. The zero-order valence-corrected chi connectivity index (χ0v) is 16.7. The van der Waals surface area contributed by atoms with Crippen LogP contribution >= 0.6 is 25.0 Å². The van der Waals surface area contributed by atoms with Crippen molar-refractivity contribution < 1.29 is 25.2 Å². The minimum atomic E-state index is -3.74. The van der Waals surface area contributed by atoms with Gasteiger partial charge in [0.05, 0.1) is 29.3 Å². The highest BCUT2D eigenvalue weighted by Gasteiger charge is 2.17. The molecule has 2 aromatic rings. The summed E-state index contributed by atoms with van der Waals surface area (Å²) in [5.41, 5.74) is 1.52. The lowest BCUT2D eigenvalue weighted by molar-refractivity contribution is 0.396. The molecule has 0 aliphatic heterocycles. The van der Waals surface area contributed by atoms with Crippen LogP contribution in [0.1, 0.15) is 16.4 Å². The molecule has 0 N–H and O–H groups in total. The molecule has 0 bridgehead atoms. The first kappa shape index (κ1) is 21.9. The van der Waals surface area contributed by atoms with Crippen LogP contribution in [0.3, 0.4) is 0 Å². The lowest BCUT2D eigenvalue weighted by Crippen LogP contribution is -2.04. The third kappa shape index (κ3) is 4.96. The minimum Gasteiger partial charge on any atom is -0.270 e. The third-order valence-corrected chi connectivity index (χ3v) is 6.58. The Kier molecular flexibility index (Phi) is 7.48. The summed E-state index contributed by atoms with van der Waals surface area (Å²) in [6, 6.07) is 12.2. The smallest absolute Gasteiger partial charge is 0.270 e. The van der Waals surface area contributed by atoms with Gasteiger partial charge in [-0.25, -0.2) is 0 Å². The molecule has 0 saturated carbocycles. The van der Waals surface area contributed by atoms with Crippen LogP contribution in [0.5, 0.6) is 0 Å². The van der Waals surface area contributed by atoms with E-state index in [0.29, 0.717) is 0 Å². The molecule has 25 heavy (non-hydrogen) atoms. The zero-order chi connectivity index (χ0) is 18.0. The second-order valence-electron chi connectivity index (χ2n) is 4.78. The second-order valence-corrected chi connectivity index (χ2v) is 8.72. The molecule has 0 radical (unpaired) electrons. The van der Waals surface area contributed by atoms with E-state index in [2.05, 4.69) is 21.0 Å². The number of benzene rings is 2. The van der Waals surface area contributed by atoms with Crippen molar-refractivity contribution in [2.24, 2.45) is 0 Å². The predicted octanol–water partition coefficient (Wildman–Crippen LogP) is 2.80. The van der Waals surface area contributed by atoms with E-state index < -0.39 is 20.2 Å². The number of halogens is 1. The topological polar surface area (TPSA) is 86.7 Å². The molecule has 0 heterocycles. The fraction of sp³-hybridized carbons (Fsp3) is 0.200. The minimum absolute atomic E-state index is 0. The van der Waals surface area contributed by atoms with Gasteiger partial charge in [-0.3, -0.25) is 8.37 Å². The van der Waals surface area contributed by atoms with Gasteiger partial charge in [-0.15, -0.1) is 12.4 Å². The molecule has 0 spiro atoms. The molecule has 0 aliphatic rings. The SMILES string of the molecule is COS(=O)(=O)c1ccc(C(S)c2ccc(S(=O)(=O)OC)cc2)cc1.Cl. The number of thiol groups is 1. The van der Waals surface area contributed by atoms with Crippen molar-refractivity contribution in [3.8, 4) is 0 Å². The summed E-state index contributed by atoms with van der Waals surface area (Å²) in [4.78, 5) is 0.103. The van der Waals surface area contributed by atoms with Crippen molar-refractivity contribution in [2.75, 3.05) is 14.2 Å². The summed E-state index contributed by atoms with van der Waals surface area (Å²) in [5.74, 6) is 0. The van der Waals surface area contributed by atoms with E-state index in [1.165, 1.54) is 24.3 Å². The van der Waals surface area contributed by atoms with Gasteiger partial charge in [0.2, 0.25) is 0 Å². The standard InChI is InChI=1S/C15H16O6S3.ClH/c1-20-23(16,17)13-7-3-11(4-8-13)15(22)12-5-9-14(10-6-12)24(18,19)21-2;/h3-10,15,22H,1-2H3;1H. The van der Waals surface area contributed by atoms with Gasteiger partial charge in [-0.05, 0) is 35.4 Å². The highest BCUT2D eigenvalue weighted by Crippen LogP contribution is 2.30. The first-order valence-electron chi connectivity index (χ1n) is 6.70. The van der Waals surface area contributed by atoms with Crippen molar-refractivity contribution >= 4 is 45.3 Å². The van der Waals surface area contributed by atoms with Crippen LogP contribution in [0.15, 0.2) is 58.3 Å². The Bertz CT molecular complexity index is 829. The molecular formula is C15H17ClO6S3. The zero-order valence-electron chi connectivity index (χ0n) is 13.3. The van der Waals surface area contributed by atoms with Crippen LogP contribution in [-0.2, 0) is 28.6 Å². The van der Waals surface area contributed by atoms with Crippen LogP contribution in [-0.4, -0.2) is 31.1 Å². The Morgan fingerprint density at radius 2 is 1.00 bits per heavy atom. The summed E-state index contributed by atoms with van der Waals surface area (Å²) in [6.45, 7) is 0. The van der Waals surface area contributed by atoms with Gasteiger partial charge in [0.15, 0.2) is 0 Å². The van der Waals surface area contributed by atoms with E-state index in [1.54, 1.807) is 24.3 Å². The van der Waals surface area contributed by atoms with E-state index in [1.807, 2.05) is 0 Å². The van der Waals surface area contributed by atoms with E-state index in [4.69, 9.17) is 0 Å². The van der Waals surface area contributed by atoms with Gasteiger partial charge < -0.3 is 0 Å². The Morgan fingerprint density at radius 1 is 0.720 bits per heavy atom. The van der Waals surface area contributed by atoms with Gasteiger partial charge >= 0.3 is 0 Å². The molecule has 138 valence electrons. The summed E-state index contributed by atoms with van der Waals surface area (Å²) in [5, 5.41) is -0.344. The lowest BCUT2D eigenvalue weighted by Gasteiger charge is -2.13. The van der Waals surface area contributed by atoms with Crippen LogP contribution < -0.4 is 0 Å². The van der Waals surface area contributed by atoms with Crippen molar-refractivity contribution in [3.05, 3.63) is 59.7 Å². The van der Waals surface area contributed by atoms with E-state index >= 15 is 0 Å². The maximum atomic E-state index is 11.6. The van der Waals surface area contributed by atoms with Gasteiger partial charge in [0, 0.05) is 0 Å². The van der Waals surface area contributed by atoms with Crippen molar-refractivity contribution in [1.82, 2.24) is 0 Å². The maximum absolute atomic E-state index is 11.6. The van der Waals surface area contributed by atoms with Crippen LogP contribution in [0.2, 0.25) is 0 Å². The predicted molar refractivity (Wildman–Crippen MR) is 99.4 cm³/mol. The normalized spacial score (nSPS) is 12.0. The highest BCUT2D eigenvalue weighted by molar-refractivity contribution is 7.87. The molecule has 0 aromatic heterocycles. The number of rotatable bonds is 6. The Hall–Kier alpha value is -1.10. The average Bonchev–Trinajstić information content (AvgIpc) is 2.61. The quantitative estimate of drug-likeness (QED) is 0.566. The fourth-order valence-electron chi connectivity index (χ4n) is 2.02. The molecular weight excluding hydrogens is 408 g/mol. The molecule has 0 saturated heterocycles. The van der Waals surface area contributed by atoms with Crippen LogP contribution in [0.4, 0.5) is 0 Å². The third-order valence-electron chi connectivity index (χ3n) is 3.41. The largest absolute Gasteiger partial charge is 0.296 e.